The summed E-state index contributed by atoms with van der Waals surface area (Å²) >= 11 is 5.37. The van der Waals surface area contributed by atoms with Crippen molar-refractivity contribution in [2.75, 3.05) is 5.32 Å². The molecule has 0 aliphatic carbocycles. The Morgan fingerprint density at radius 1 is 1.18 bits per heavy atom. The molecule has 0 aliphatic rings. The molecule has 0 saturated heterocycles. The van der Waals surface area contributed by atoms with Crippen molar-refractivity contribution in [2.24, 2.45) is 0 Å². The Morgan fingerprint density at radius 3 is 2.50 bits per heavy atom. The highest BCUT2D eigenvalue weighted by molar-refractivity contribution is 7.80. The Kier molecular flexibility index (Phi) is 5.51. The lowest BCUT2D eigenvalue weighted by Crippen LogP contribution is -2.31. The fourth-order valence-corrected chi connectivity index (χ4v) is 2.61. The molecule has 2 rings (SSSR count). The summed E-state index contributed by atoms with van der Waals surface area (Å²) in [6.45, 7) is 4.18. The molecular weight excluding hydrogens is 290 g/mol. The number of benzene rings is 2. The zero-order valence-electron chi connectivity index (χ0n) is 12.8. The van der Waals surface area contributed by atoms with Gasteiger partial charge in [-0.15, -0.1) is 0 Å². The molecule has 4 heteroatoms. The van der Waals surface area contributed by atoms with Crippen molar-refractivity contribution in [3.63, 3.8) is 0 Å². The fourth-order valence-electron chi connectivity index (χ4n) is 2.31. The predicted octanol–water partition coefficient (Wildman–Crippen LogP) is 4.11. The van der Waals surface area contributed by atoms with Crippen LogP contribution in [0, 0.1) is 18.3 Å². The van der Waals surface area contributed by atoms with Gasteiger partial charge in [0.25, 0.3) is 0 Å². The quantitative estimate of drug-likeness (QED) is 0.835. The molecule has 0 unspecified atom stereocenters. The molecule has 0 spiro atoms. The Hall–Kier alpha value is -2.38. The maximum atomic E-state index is 8.67. The van der Waals surface area contributed by atoms with Crippen LogP contribution >= 0.6 is 12.2 Å². The number of thiocarbonyl (C=S) groups is 1. The third-order valence-electron chi connectivity index (χ3n) is 3.50. The maximum Gasteiger partial charge on any atom is 0.171 e. The van der Waals surface area contributed by atoms with Gasteiger partial charge < -0.3 is 10.6 Å². The van der Waals surface area contributed by atoms with Crippen LogP contribution in [0.3, 0.4) is 0 Å². The van der Waals surface area contributed by atoms with Crippen molar-refractivity contribution in [1.29, 1.82) is 5.26 Å². The van der Waals surface area contributed by atoms with E-state index in [2.05, 4.69) is 42.7 Å². The van der Waals surface area contributed by atoms with E-state index >= 15 is 0 Å². The number of nitrogens with one attached hydrogen (secondary N) is 2. The largest absolute Gasteiger partial charge is 0.356 e. The Labute approximate surface area is 137 Å². The summed E-state index contributed by atoms with van der Waals surface area (Å²) in [4.78, 5) is 0. The molecule has 2 aromatic carbocycles. The second kappa shape index (κ2) is 7.58. The minimum absolute atomic E-state index is 0.138. The molecule has 0 bridgehead atoms. The Morgan fingerprint density at radius 2 is 1.86 bits per heavy atom. The van der Waals surface area contributed by atoms with E-state index in [0.717, 1.165) is 11.3 Å². The first-order valence-electron chi connectivity index (χ1n) is 7.19. The molecule has 0 heterocycles. The fraction of sp³-hybridized carbons (Fsp3) is 0.222. The van der Waals surface area contributed by atoms with Gasteiger partial charge in [-0.05, 0) is 54.9 Å². The van der Waals surface area contributed by atoms with Crippen LogP contribution in [0.1, 0.15) is 29.7 Å². The van der Waals surface area contributed by atoms with E-state index in [1.54, 1.807) is 0 Å². The lowest BCUT2D eigenvalue weighted by molar-refractivity contribution is 0.717. The van der Waals surface area contributed by atoms with E-state index in [9.17, 15) is 0 Å². The number of anilines is 1. The van der Waals surface area contributed by atoms with Crippen LogP contribution in [0.5, 0.6) is 0 Å². The van der Waals surface area contributed by atoms with E-state index < -0.39 is 0 Å². The number of rotatable bonds is 4. The van der Waals surface area contributed by atoms with Gasteiger partial charge in [0.15, 0.2) is 5.11 Å². The molecule has 3 nitrogen and oxygen atoms in total. The molecule has 0 saturated carbocycles. The van der Waals surface area contributed by atoms with Gasteiger partial charge in [-0.2, -0.15) is 5.26 Å². The SMILES string of the molecule is Cc1ccccc1[C@H](C)NC(=S)Nc1ccc(CC#N)cc1. The molecule has 2 aromatic rings. The standard InChI is InChI=1S/C18H19N3S/c1-13-5-3-4-6-17(13)14(2)20-18(22)21-16-9-7-15(8-10-16)11-12-19/h3-10,14H,11H2,1-2H3,(H2,20,21,22)/t14-/m0/s1. The first-order valence-corrected chi connectivity index (χ1v) is 7.60. The summed E-state index contributed by atoms with van der Waals surface area (Å²) in [5, 5.41) is 15.7. The van der Waals surface area contributed by atoms with Crippen LogP contribution in [0.15, 0.2) is 48.5 Å². The van der Waals surface area contributed by atoms with E-state index in [1.807, 2.05) is 36.4 Å². The summed E-state index contributed by atoms with van der Waals surface area (Å²) < 4.78 is 0. The Balaban J connectivity index is 1.95. The second-order valence-corrected chi connectivity index (χ2v) is 5.62. The lowest BCUT2D eigenvalue weighted by Gasteiger charge is -2.19. The molecule has 0 fully saturated rings. The van der Waals surface area contributed by atoms with Crippen LogP contribution in [-0.4, -0.2) is 5.11 Å². The average molecular weight is 309 g/mol. The molecule has 1 atom stereocenters. The molecule has 2 N–H and O–H groups in total. The van der Waals surface area contributed by atoms with Gasteiger partial charge in [0, 0.05) is 5.69 Å². The van der Waals surface area contributed by atoms with Crippen LogP contribution in [0.4, 0.5) is 5.69 Å². The van der Waals surface area contributed by atoms with Gasteiger partial charge in [0.1, 0.15) is 0 Å². The van der Waals surface area contributed by atoms with E-state index in [4.69, 9.17) is 17.5 Å². The minimum Gasteiger partial charge on any atom is -0.356 e. The van der Waals surface area contributed by atoms with Crippen molar-refractivity contribution in [3.05, 3.63) is 65.2 Å². The highest BCUT2D eigenvalue weighted by atomic mass is 32.1. The van der Waals surface area contributed by atoms with Gasteiger partial charge in [0.2, 0.25) is 0 Å². The van der Waals surface area contributed by atoms with Crippen molar-refractivity contribution < 1.29 is 0 Å². The second-order valence-electron chi connectivity index (χ2n) is 5.21. The van der Waals surface area contributed by atoms with Gasteiger partial charge in [-0.3, -0.25) is 0 Å². The summed E-state index contributed by atoms with van der Waals surface area (Å²) in [7, 11) is 0. The lowest BCUT2D eigenvalue weighted by atomic mass is 10.0. The summed E-state index contributed by atoms with van der Waals surface area (Å²) in [6, 6.07) is 18.3. The predicted molar refractivity (Wildman–Crippen MR) is 94.7 cm³/mol. The van der Waals surface area contributed by atoms with Gasteiger partial charge >= 0.3 is 0 Å². The smallest absolute Gasteiger partial charge is 0.171 e. The molecule has 0 aliphatic heterocycles. The normalized spacial score (nSPS) is 11.3. The molecule has 112 valence electrons. The number of nitriles is 1. The zero-order chi connectivity index (χ0) is 15.9. The van der Waals surface area contributed by atoms with Crippen LogP contribution < -0.4 is 10.6 Å². The first-order chi connectivity index (χ1) is 10.6. The van der Waals surface area contributed by atoms with Crippen LogP contribution in [-0.2, 0) is 6.42 Å². The first kappa shape index (κ1) is 16.0. The molecule has 0 aromatic heterocycles. The third-order valence-corrected chi connectivity index (χ3v) is 3.72. The van der Waals surface area contributed by atoms with Crippen molar-refractivity contribution in [3.8, 4) is 6.07 Å². The summed E-state index contributed by atoms with van der Waals surface area (Å²) in [6.07, 6.45) is 0.424. The number of aryl methyl sites for hydroxylation is 1. The van der Waals surface area contributed by atoms with Crippen LogP contribution in [0.2, 0.25) is 0 Å². The molecular formula is C18H19N3S. The number of hydrogen-bond donors (Lipinski definition) is 2. The number of nitrogens with zero attached hydrogens (tertiary/aromatic N) is 1. The zero-order valence-corrected chi connectivity index (χ0v) is 13.6. The van der Waals surface area contributed by atoms with Crippen molar-refractivity contribution in [1.82, 2.24) is 5.32 Å². The summed E-state index contributed by atoms with van der Waals surface area (Å²) in [5.41, 5.74) is 4.39. The van der Waals surface area contributed by atoms with E-state index in [1.165, 1.54) is 11.1 Å². The molecule has 0 radical (unpaired) electrons. The van der Waals surface area contributed by atoms with Crippen molar-refractivity contribution >= 4 is 23.0 Å². The highest BCUT2D eigenvalue weighted by Crippen LogP contribution is 2.17. The number of hydrogen-bond acceptors (Lipinski definition) is 2. The highest BCUT2D eigenvalue weighted by Gasteiger charge is 2.09. The van der Waals surface area contributed by atoms with E-state index in [-0.39, 0.29) is 6.04 Å². The maximum absolute atomic E-state index is 8.67. The van der Waals surface area contributed by atoms with E-state index in [0.29, 0.717) is 11.5 Å². The monoisotopic (exact) mass is 309 g/mol. The van der Waals surface area contributed by atoms with Crippen LogP contribution in [0.25, 0.3) is 0 Å². The third kappa shape index (κ3) is 4.31. The van der Waals surface area contributed by atoms with Gasteiger partial charge in [-0.25, -0.2) is 0 Å². The Bertz CT molecular complexity index is 686. The molecule has 0 amide bonds. The van der Waals surface area contributed by atoms with Gasteiger partial charge in [0.05, 0.1) is 18.5 Å². The van der Waals surface area contributed by atoms with Crippen molar-refractivity contribution in [2.45, 2.75) is 26.3 Å². The van der Waals surface area contributed by atoms with Gasteiger partial charge in [-0.1, -0.05) is 36.4 Å². The molecule has 22 heavy (non-hydrogen) atoms. The topological polar surface area (TPSA) is 47.8 Å². The summed E-state index contributed by atoms with van der Waals surface area (Å²) in [5.74, 6) is 0. The minimum atomic E-state index is 0.138. The average Bonchev–Trinajstić information content (AvgIpc) is 2.50.